The monoisotopic (exact) mass is 448 g/mol. The number of fused-ring (bicyclic) bond motifs is 4. The van der Waals surface area contributed by atoms with Gasteiger partial charge in [-0.3, -0.25) is 9.59 Å². The van der Waals surface area contributed by atoms with Crippen molar-refractivity contribution in [2.75, 3.05) is 6.61 Å². The minimum absolute atomic E-state index is 0.000322. The third-order valence-electron chi connectivity index (χ3n) is 7.57. The van der Waals surface area contributed by atoms with E-state index in [0.717, 1.165) is 12.8 Å². The van der Waals surface area contributed by atoms with Crippen LogP contribution in [-0.2, 0) is 14.3 Å². The number of aliphatic carboxylic acids is 1. The predicted molar refractivity (Wildman–Crippen MR) is 122 cm³/mol. The number of alkyl carbamates (subject to hydrolysis) is 1. The summed E-state index contributed by atoms with van der Waals surface area (Å²) in [5, 5.41) is 14.5. The lowest BCUT2D eigenvalue weighted by atomic mass is 9.71. The molecule has 0 saturated heterocycles. The Labute approximate surface area is 192 Å². The Balaban J connectivity index is 1.14. The first-order valence-corrected chi connectivity index (χ1v) is 11.6. The highest BCUT2D eigenvalue weighted by Gasteiger charge is 2.50. The van der Waals surface area contributed by atoms with E-state index in [0.29, 0.717) is 12.3 Å². The zero-order chi connectivity index (χ0) is 23.1. The number of benzene rings is 2. The molecule has 7 nitrogen and oxygen atoms in total. The average molecular weight is 449 g/mol. The van der Waals surface area contributed by atoms with Crippen LogP contribution in [0.3, 0.4) is 0 Å². The molecule has 3 aliphatic carbocycles. The number of hydrogen-bond donors (Lipinski definition) is 3. The number of carbonyl (C=O) groups excluding carboxylic acids is 2. The Morgan fingerprint density at radius 3 is 2.27 bits per heavy atom. The lowest BCUT2D eigenvalue weighted by Crippen LogP contribution is -2.50. The molecular formula is C26H28N2O5. The second kappa shape index (κ2) is 8.54. The van der Waals surface area contributed by atoms with Gasteiger partial charge in [-0.15, -0.1) is 0 Å². The van der Waals surface area contributed by atoms with Gasteiger partial charge in [-0.05, 0) is 60.3 Å². The lowest BCUT2D eigenvalue weighted by Gasteiger charge is -2.40. The molecule has 2 fully saturated rings. The van der Waals surface area contributed by atoms with E-state index in [4.69, 9.17) is 9.84 Å². The standard InChI is InChI=1S/C26H28N2O5/c1-14(25(30)31)27-24(29)16-10-15-12-23(21(15)11-16)28-26(32)33-13-22-19-8-4-2-6-17(19)18-7-3-5-9-20(18)22/h2-9,14-16,21-23H,10-13H2,1H3,(H,27,29)(H,28,32)(H,30,31)/t14-,15-,16?,21-,23+/m0/s1. The van der Waals surface area contributed by atoms with Crippen LogP contribution in [0.4, 0.5) is 4.79 Å². The van der Waals surface area contributed by atoms with Crippen LogP contribution in [0.15, 0.2) is 48.5 Å². The van der Waals surface area contributed by atoms with E-state index in [1.165, 1.54) is 29.2 Å². The summed E-state index contributed by atoms with van der Waals surface area (Å²) in [6, 6.07) is 15.6. The summed E-state index contributed by atoms with van der Waals surface area (Å²) in [6.07, 6.45) is 1.81. The SMILES string of the molecule is C[C@H](NC(=O)C1C[C@H]2C[C@@H](NC(=O)OCC3c4ccccc4-c4ccccc43)[C@H]2C1)C(=O)O. The van der Waals surface area contributed by atoms with E-state index in [1.54, 1.807) is 0 Å². The Morgan fingerprint density at radius 2 is 1.64 bits per heavy atom. The number of carboxylic acid groups (broad SMARTS) is 1. The molecular weight excluding hydrogens is 420 g/mol. The molecule has 5 rings (SSSR count). The van der Waals surface area contributed by atoms with Crippen molar-refractivity contribution >= 4 is 18.0 Å². The van der Waals surface area contributed by atoms with Gasteiger partial charge in [0.2, 0.25) is 5.91 Å². The summed E-state index contributed by atoms with van der Waals surface area (Å²) < 4.78 is 5.65. The molecule has 2 aromatic rings. The van der Waals surface area contributed by atoms with Crippen LogP contribution in [0, 0.1) is 17.8 Å². The fraction of sp³-hybridized carbons (Fsp3) is 0.423. The molecule has 0 aliphatic heterocycles. The number of carboxylic acids is 1. The predicted octanol–water partition coefficient (Wildman–Crippen LogP) is 3.53. The van der Waals surface area contributed by atoms with Gasteiger partial charge >= 0.3 is 12.1 Å². The molecule has 0 heterocycles. The third kappa shape index (κ3) is 3.96. The molecule has 33 heavy (non-hydrogen) atoms. The number of hydrogen-bond acceptors (Lipinski definition) is 4. The van der Waals surface area contributed by atoms with Gasteiger partial charge in [-0.25, -0.2) is 4.79 Å². The quantitative estimate of drug-likeness (QED) is 0.627. The summed E-state index contributed by atoms with van der Waals surface area (Å²) >= 11 is 0. The first-order chi connectivity index (χ1) is 15.9. The topological polar surface area (TPSA) is 105 Å². The fourth-order valence-electron chi connectivity index (χ4n) is 5.79. The highest BCUT2D eigenvalue weighted by atomic mass is 16.5. The molecule has 0 aromatic heterocycles. The normalized spacial score (nSPS) is 25.7. The largest absolute Gasteiger partial charge is 0.480 e. The van der Waals surface area contributed by atoms with Crippen LogP contribution in [-0.4, -0.2) is 41.8 Å². The van der Waals surface area contributed by atoms with Crippen LogP contribution in [0.25, 0.3) is 11.1 Å². The Kier molecular flexibility index (Phi) is 5.56. The van der Waals surface area contributed by atoms with Crippen molar-refractivity contribution in [2.45, 2.75) is 44.2 Å². The van der Waals surface area contributed by atoms with Gasteiger partial charge in [0.1, 0.15) is 12.6 Å². The first-order valence-electron chi connectivity index (χ1n) is 11.6. The van der Waals surface area contributed by atoms with Crippen molar-refractivity contribution < 1.29 is 24.2 Å². The Bertz CT molecular complexity index is 1050. The van der Waals surface area contributed by atoms with Gasteiger partial charge in [0.25, 0.3) is 0 Å². The highest BCUT2D eigenvalue weighted by Crippen LogP contribution is 2.50. The first kappa shape index (κ1) is 21.5. The van der Waals surface area contributed by atoms with Gasteiger partial charge in [-0.2, -0.15) is 0 Å². The van der Waals surface area contributed by atoms with Crippen LogP contribution in [0.5, 0.6) is 0 Å². The van der Waals surface area contributed by atoms with Crippen molar-refractivity contribution in [3.8, 4) is 11.1 Å². The molecule has 7 heteroatoms. The molecule has 0 spiro atoms. The smallest absolute Gasteiger partial charge is 0.407 e. The average Bonchev–Trinajstić information content (AvgIpc) is 3.31. The molecule has 3 N–H and O–H groups in total. The molecule has 0 radical (unpaired) electrons. The molecule has 3 aliphatic rings. The summed E-state index contributed by atoms with van der Waals surface area (Å²) in [6.45, 7) is 1.74. The minimum Gasteiger partial charge on any atom is -0.480 e. The van der Waals surface area contributed by atoms with Crippen LogP contribution in [0.1, 0.15) is 43.2 Å². The van der Waals surface area contributed by atoms with Gasteiger partial charge < -0.3 is 20.5 Å². The summed E-state index contributed by atoms with van der Waals surface area (Å²) in [4.78, 5) is 35.9. The molecule has 2 aromatic carbocycles. The van der Waals surface area contributed by atoms with Crippen molar-refractivity contribution in [3.63, 3.8) is 0 Å². The molecule has 172 valence electrons. The number of amides is 2. The molecule has 2 saturated carbocycles. The molecule has 5 atom stereocenters. The summed E-state index contributed by atoms with van der Waals surface area (Å²) in [5.74, 6) is -0.802. The Morgan fingerprint density at radius 1 is 1.00 bits per heavy atom. The molecule has 2 amide bonds. The Hall–Kier alpha value is -3.35. The lowest BCUT2D eigenvalue weighted by molar-refractivity contribution is -0.141. The van der Waals surface area contributed by atoms with Crippen molar-refractivity contribution in [3.05, 3.63) is 59.7 Å². The maximum absolute atomic E-state index is 12.6. The van der Waals surface area contributed by atoms with E-state index < -0.39 is 18.1 Å². The van der Waals surface area contributed by atoms with Gasteiger partial charge in [0.15, 0.2) is 0 Å². The van der Waals surface area contributed by atoms with E-state index in [-0.39, 0.29) is 36.3 Å². The van der Waals surface area contributed by atoms with E-state index in [2.05, 4.69) is 34.9 Å². The number of rotatable bonds is 6. The highest BCUT2D eigenvalue weighted by molar-refractivity contribution is 5.85. The van der Waals surface area contributed by atoms with Crippen LogP contribution < -0.4 is 10.6 Å². The van der Waals surface area contributed by atoms with E-state index in [1.807, 2.05) is 24.3 Å². The number of ether oxygens (including phenoxy) is 1. The van der Waals surface area contributed by atoms with Crippen molar-refractivity contribution in [1.29, 1.82) is 0 Å². The van der Waals surface area contributed by atoms with E-state index >= 15 is 0 Å². The fourth-order valence-corrected chi connectivity index (χ4v) is 5.79. The van der Waals surface area contributed by atoms with Crippen molar-refractivity contribution in [2.24, 2.45) is 17.8 Å². The third-order valence-corrected chi connectivity index (χ3v) is 7.57. The van der Waals surface area contributed by atoms with Gasteiger partial charge in [-0.1, -0.05) is 48.5 Å². The van der Waals surface area contributed by atoms with Gasteiger partial charge in [0, 0.05) is 17.9 Å². The van der Waals surface area contributed by atoms with Crippen molar-refractivity contribution in [1.82, 2.24) is 10.6 Å². The maximum atomic E-state index is 12.6. The number of carbonyl (C=O) groups is 3. The van der Waals surface area contributed by atoms with Crippen LogP contribution in [0.2, 0.25) is 0 Å². The van der Waals surface area contributed by atoms with Gasteiger partial charge in [0.05, 0.1) is 0 Å². The summed E-state index contributed by atoms with van der Waals surface area (Å²) in [5.41, 5.74) is 4.73. The summed E-state index contributed by atoms with van der Waals surface area (Å²) in [7, 11) is 0. The molecule has 1 unspecified atom stereocenters. The zero-order valence-electron chi connectivity index (χ0n) is 18.5. The number of nitrogens with one attached hydrogen (secondary N) is 2. The second-order valence-electron chi connectivity index (χ2n) is 9.47. The maximum Gasteiger partial charge on any atom is 0.407 e. The van der Waals surface area contributed by atoms with E-state index in [9.17, 15) is 14.4 Å². The second-order valence-corrected chi connectivity index (χ2v) is 9.47. The minimum atomic E-state index is -1.04. The molecule has 0 bridgehead atoms. The zero-order valence-corrected chi connectivity index (χ0v) is 18.5. The van der Waals surface area contributed by atoms with Crippen LogP contribution >= 0.6 is 0 Å².